The van der Waals surface area contributed by atoms with Crippen LogP contribution in [0.1, 0.15) is 36.8 Å². The molecule has 94 valence electrons. The summed E-state index contributed by atoms with van der Waals surface area (Å²) in [5, 5.41) is 6.77. The summed E-state index contributed by atoms with van der Waals surface area (Å²) in [4.78, 5) is 4.68. The van der Waals surface area contributed by atoms with Gasteiger partial charge in [0.25, 0.3) is 0 Å². The number of nitrogens with one attached hydrogen (secondary N) is 2. The molecule has 0 radical (unpaired) electrons. The lowest BCUT2D eigenvalue weighted by Gasteiger charge is -2.20. The minimum atomic E-state index is 0.607. The molecule has 1 unspecified atom stereocenters. The van der Waals surface area contributed by atoms with Crippen LogP contribution in [0.5, 0.6) is 0 Å². The quantitative estimate of drug-likeness (QED) is 0.829. The van der Waals surface area contributed by atoms with Gasteiger partial charge >= 0.3 is 0 Å². The summed E-state index contributed by atoms with van der Waals surface area (Å²) in [5.41, 5.74) is 1.17. The maximum atomic E-state index is 5.62. The van der Waals surface area contributed by atoms with E-state index in [0.29, 0.717) is 5.92 Å². The van der Waals surface area contributed by atoms with Gasteiger partial charge in [-0.25, -0.2) is 4.98 Å². The van der Waals surface area contributed by atoms with Crippen molar-refractivity contribution in [3.63, 3.8) is 0 Å². The summed E-state index contributed by atoms with van der Waals surface area (Å²) < 4.78 is 5.62. The fourth-order valence-electron chi connectivity index (χ4n) is 2.86. The van der Waals surface area contributed by atoms with Crippen LogP contribution < -0.4 is 10.6 Å². The highest BCUT2D eigenvalue weighted by atomic mass is 16.3. The molecule has 2 aliphatic rings. The highest BCUT2D eigenvalue weighted by Crippen LogP contribution is 2.25. The van der Waals surface area contributed by atoms with E-state index in [0.717, 1.165) is 44.4 Å². The lowest BCUT2D eigenvalue weighted by Crippen LogP contribution is -2.26. The SMILES string of the molecule is c1oc(CC2CCNC2)nc1C1CCNCC1. The van der Waals surface area contributed by atoms with Crippen molar-refractivity contribution in [1.29, 1.82) is 0 Å². The Morgan fingerprint density at radius 2 is 2.00 bits per heavy atom. The molecule has 0 aromatic carbocycles. The van der Waals surface area contributed by atoms with Gasteiger partial charge in [0.2, 0.25) is 0 Å². The molecule has 2 saturated heterocycles. The second-order valence-corrected chi connectivity index (χ2v) is 5.25. The molecule has 17 heavy (non-hydrogen) atoms. The largest absolute Gasteiger partial charge is 0.449 e. The predicted molar refractivity (Wildman–Crippen MR) is 66.0 cm³/mol. The van der Waals surface area contributed by atoms with Crippen LogP contribution in [0.4, 0.5) is 0 Å². The Hall–Kier alpha value is -0.870. The van der Waals surface area contributed by atoms with Crippen LogP contribution in [-0.4, -0.2) is 31.2 Å². The molecule has 3 rings (SSSR count). The first-order chi connectivity index (χ1) is 8.42. The van der Waals surface area contributed by atoms with Crippen LogP contribution in [0, 0.1) is 5.92 Å². The van der Waals surface area contributed by atoms with Gasteiger partial charge in [-0.1, -0.05) is 0 Å². The molecule has 2 fully saturated rings. The van der Waals surface area contributed by atoms with Crippen molar-refractivity contribution < 1.29 is 4.42 Å². The molecule has 2 N–H and O–H groups in total. The lowest BCUT2D eigenvalue weighted by molar-refractivity contribution is 0.440. The van der Waals surface area contributed by atoms with E-state index < -0.39 is 0 Å². The van der Waals surface area contributed by atoms with Gasteiger partial charge in [0.15, 0.2) is 5.89 Å². The fourth-order valence-corrected chi connectivity index (χ4v) is 2.86. The summed E-state index contributed by atoms with van der Waals surface area (Å²) in [5.74, 6) is 2.26. The zero-order chi connectivity index (χ0) is 11.5. The van der Waals surface area contributed by atoms with E-state index in [1.54, 1.807) is 0 Å². The Labute approximate surface area is 102 Å². The van der Waals surface area contributed by atoms with Crippen molar-refractivity contribution in [3.8, 4) is 0 Å². The van der Waals surface area contributed by atoms with E-state index in [1.807, 2.05) is 6.26 Å². The van der Waals surface area contributed by atoms with Gasteiger partial charge in [-0.2, -0.15) is 0 Å². The van der Waals surface area contributed by atoms with Crippen molar-refractivity contribution in [2.24, 2.45) is 5.92 Å². The van der Waals surface area contributed by atoms with Crippen molar-refractivity contribution in [2.45, 2.75) is 31.6 Å². The van der Waals surface area contributed by atoms with Crippen molar-refractivity contribution in [3.05, 3.63) is 17.8 Å². The van der Waals surface area contributed by atoms with Crippen LogP contribution in [0.3, 0.4) is 0 Å². The normalized spacial score (nSPS) is 26.5. The molecular weight excluding hydrogens is 214 g/mol. The van der Waals surface area contributed by atoms with Gasteiger partial charge < -0.3 is 15.1 Å². The van der Waals surface area contributed by atoms with Crippen LogP contribution in [0.15, 0.2) is 10.7 Å². The first-order valence-electron chi connectivity index (χ1n) is 6.77. The van der Waals surface area contributed by atoms with Gasteiger partial charge in [-0.05, 0) is 51.4 Å². The van der Waals surface area contributed by atoms with E-state index in [2.05, 4.69) is 15.6 Å². The number of nitrogens with zero attached hydrogens (tertiary/aromatic N) is 1. The van der Waals surface area contributed by atoms with Gasteiger partial charge in [0.1, 0.15) is 6.26 Å². The highest BCUT2D eigenvalue weighted by molar-refractivity contribution is 5.06. The Bertz CT molecular complexity index is 351. The summed E-state index contributed by atoms with van der Waals surface area (Å²) >= 11 is 0. The average molecular weight is 235 g/mol. The molecule has 1 aromatic rings. The summed E-state index contributed by atoms with van der Waals surface area (Å²) in [7, 11) is 0. The summed E-state index contributed by atoms with van der Waals surface area (Å²) in [6.07, 6.45) is 6.52. The topological polar surface area (TPSA) is 50.1 Å². The minimum absolute atomic E-state index is 0.607. The van der Waals surface area contributed by atoms with Gasteiger partial charge in [-0.3, -0.25) is 0 Å². The number of rotatable bonds is 3. The number of piperidine rings is 1. The smallest absolute Gasteiger partial charge is 0.194 e. The summed E-state index contributed by atoms with van der Waals surface area (Å²) in [6.45, 7) is 4.48. The standard InChI is InChI=1S/C13H21N3O/c1-4-15-8-10(1)7-13-16-12(9-17-13)11-2-5-14-6-3-11/h9-11,14-15H,1-8H2. The molecule has 4 nitrogen and oxygen atoms in total. The second-order valence-electron chi connectivity index (χ2n) is 5.25. The van der Waals surface area contributed by atoms with E-state index in [9.17, 15) is 0 Å². The van der Waals surface area contributed by atoms with Gasteiger partial charge in [0.05, 0.1) is 5.69 Å². The Balaban J connectivity index is 1.60. The first-order valence-corrected chi connectivity index (χ1v) is 6.77. The molecule has 0 spiro atoms. The maximum Gasteiger partial charge on any atom is 0.194 e. The van der Waals surface area contributed by atoms with Crippen molar-refractivity contribution in [1.82, 2.24) is 15.6 Å². The van der Waals surface area contributed by atoms with Crippen LogP contribution in [0.2, 0.25) is 0 Å². The van der Waals surface area contributed by atoms with Crippen LogP contribution in [-0.2, 0) is 6.42 Å². The lowest BCUT2D eigenvalue weighted by atomic mass is 9.95. The van der Waals surface area contributed by atoms with E-state index in [-0.39, 0.29) is 0 Å². The summed E-state index contributed by atoms with van der Waals surface area (Å²) in [6, 6.07) is 0. The second kappa shape index (κ2) is 5.19. The Morgan fingerprint density at radius 1 is 1.18 bits per heavy atom. The third-order valence-electron chi connectivity index (χ3n) is 3.95. The van der Waals surface area contributed by atoms with Crippen LogP contribution >= 0.6 is 0 Å². The molecule has 1 aromatic heterocycles. The minimum Gasteiger partial charge on any atom is -0.449 e. The van der Waals surface area contributed by atoms with E-state index >= 15 is 0 Å². The Kier molecular flexibility index (Phi) is 3.43. The third kappa shape index (κ3) is 2.69. The molecule has 0 amide bonds. The molecule has 0 saturated carbocycles. The average Bonchev–Trinajstić information content (AvgIpc) is 3.02. The van der Waals surface area contributed by atoms with Gasteiger partial charge in [-0.15, -0.1) is 0 Å². The number of oxazole rings is 1. The number of aromatic nitrogens is 1. The van der Waals surface area contributed by atoms with Crippen molar-refractivity contribution in [2.75, 3.05) is 26.2 Å². The van der Waals surface area contributed by atoms with E-state index in [4.69, 9.17) is 4.42 Å². The monoisotopic (exact) mass is 235 g/mol. The van der Waals surface area contributed by atoms with Gasteiger partial charge in [0, 0.05) is 12.3 Å². The number of hydrogen-bond donors (Lipinski definition) is 2. The predicted octanol–water partition coefficient (Wildman–Crippen LogP) is 1.29. The molecule has 2 aliphatic heterocycles. The molecule has 0 aliphatic carbocycles. The Morgan fingerprint density at radius 3 is 2.76 bits per heavy atom. The molecule has 4 heteroatoms. The van der Waals surface area contributed by atoms with E-state index in [1.165, 1.54) is 25.0 Å². The zero-order valence-corrected chi connectivity index (χ0v) is 10.2. The number of hydrogen-bond acceptors (Lipinski definition) is 4. The fraction of sp³-hybridized carbons (Fsp3) is 0.769. The maximum absolute atomic E-state index is 5.62. The molecular formula is C13H21N3O. The molecule has 1 atom stereocenters. The highest BCUT2D eigenvalue weighted by Gasteiger charge is 2.21. The molecule has 0 bridgehead atoms. The third-order valence-corrected chi connectivity index (χ3v) is 3.95. The zero-order valence-electron chi connectivity index (χ0n) is 10.2. The first kappa shape index (κ1) is 11.2. The van der Waals surface area contributed by atoms with Crippen molar-refractivity contribution >= 4 is 0 Å². The molecule has 3 heterocycles. The van der Waals surface area contributed by atoms with Crippen LogP contribution in [0.25, 0.3) is 0 Å².